The maximum absolute atomic E-state index is 13.1. The predicted molar refractivity (Wildman–Crippen MR) is 116 cm³/mol. The number of pyridine rings is 2. The molecule has 3 rings (SSSR count). The number of nitrogens with two attached hydrogens (primary N) is 1. The highest BCUT2D eigenvalue weighted by molar-refractivity contribution is 7.17. The van der Waals surface area contributed by atoms with E-state index < -0.39 is 35.7 Å². The molecule has 1 atom stereocenters. The summed E-state index contributed by atoms with van der Waals surface area (Å²) in [6.45, 7) is 3.54. The molecule has 3 aromatic heterocycles. The summed E-state index contributed by atoms with van der Waals surface area (Å²) in [5.74, 6) is -1.39. The van der Waals surface area contributed by atoms with Crippen molar-refractivity contribution in [2.75, 3.05) is 12.4 Å². The number of anilines is 1. The Morgan fingerprint density at radius 3 is 2.38 bits per heavy atom. The summed E-state index contributed by atoms with van der Waals surface area (Å²) in [6, 6.07) is 3.44. The van der Waals surface area contributed by atoms with Crippen molar-refractivity contribution >= 4 is 28.3 Å². The number of rotatable bonds is 8. The Balaban J connectivity index is 1.86. The van der Waals surface area contributed by atoms with Gasteiger partial charge in [0.25, 0.3) is 11.1 Å². The van der Waals surface area contributed by atoms with Gasteiger partial charge in [-0.2, -0.15) is 13.2 Å². The summed E-state index contributed by atoms with van der Waals surface area (Å²) in [6.07, 6.45) is -5.54. The Morgan fingerprint density at radius 2 is 1.76 bits per heavy atom. The van der Waals surface area contributed by atoms with Crippen LogP contribution in [0.5, 0.6) is 10.9 Å². The Hall–Kier alpha value is -3.81. The number of primary amides is 1. The van der Waals surface area contributed by atoms with E-state index in [1.54, 1.807) is 26.0 Å². The summed E-state index contributed by atoms with van der Waals surface area (Å²) < 4.78 is 49.3. The van der Waals surface area contributed by atoms with Crippen molar-refractivity contribution < 1.29 is 32.2 Å². The number of alkyl halides is 3. The second-order valence-electron chi connectivity index (χ2n) is 7.04. The van der Waals surface area contributed by atoms with E-state index in [0.717, 1.165) is 0 Å². The van der Waals surface area contributed by atoms with Gasteiger partial charge in [0.1, 0.15) is 5.75 Å². The van der Waals surface area contributed by atoms with Crippen LogP contribution in [0.15, 0.2) is 24.5 Å². The van der Waals surface area contributed by atoms with Gasteiger partial charge in [-0.05, 0) is 37.3 Å². The van der Waals surface area contributed by atoms with E-state index in [1.807, 2.05) is 0 Å². The maximum atomic E-state index is 13.1. The lowest BCUT2D eigenvalue weighted by atomic mass is 9.99. The fourth-order valence-corrected chi connectivity index (χ4v) is 3.52. The number of methoxy groups -OCH3 is 1. The molecule has 10 nitrogen and oxygen atoms in total. The molecule has 0 aliphatic carbocycles. The number of hydrogen-bond acceptors (Lipinski definition) is 9. The number of ether oxygens (including phenoxy) is 2. The van der Waals surface area contributed by atoms with Gasteiger partial charge in [0.05, 0.1) is 25.3 Å². The fraction of sp³-hybridized carbons (Fsp3) is 0.300. The van der Waals surface area contributed by atoms with Gasteiger partial charge in [-0.3, -0.25) is 24.9 Å². The summed E-state index contributed by atoms with van der Waals surface area (Å²) in [5.41, 5.74) is 7.46. The van der Waals surface area contributed by atoms with Gasteiger partial charge in [0.15, 0.2) is 0 Å². The van der Waals surface area contributed by atoms with Crippen LogP contribution in [0.4, 0.5) is 18.3 Å². The number of aromatic nitrogens is 4. The van der Waals surface area contributed by atoms with Crippen LogP contribution >= 0.6 is 11.3 Å². The fourth-order valence-electron chi connectivity index (χ4n) is 2.88. The smallest absolute Gasteiger partial charge is 0.426 e. The average molecular weight is 496 g/mol. The second kappa shape index (κ2) is 9.99. The van der Waals surface area contributed by atoms with Gasteiger partial charge in [-0.15, -0.1) is 5.10 Å². The summed E-state index contributed by atoms with van der Waals surface area (Å²) in [4.78, 5) is 32.3. The summed E-state index contributed by atoms with van der Waals surface area (Å²) in [5, 5.41) is 8.99. The van der Waals surface area contributed by atoms with Crippen molar-refractivity contribution in [1.82, 2.24) is 20.2 Å². The molecule has 3 aromatic rings. The lowest BCUT2D eigenvalue weighted by Crippen LogP contribution is -2.38. The molecule has 34 heavy (non-hydrogen) atoms. The van der Waals surface area contributed by atoms with E-state index in [9.17, 15) is 22.8 Å². The second-order valence-corrected chi connectivity index (χ2v) is 7.98. The van der Waals surface area contributed by atoms with Crippen LogP contribution in [0.2, 0.25) is 0 Å². The largest absolute Gasteiger partial charge is 0.494 e. The highest BCUT2D eigenvalue weighted by atomic mass is 32.1. The molecule has 0 fully saturated rings. The third-order valence-corrected chi connectivity index (χ3v) is 5.15. The number of carbonyl (C=O) groups is 2. The molecular weight excluding hydrogens is 477 g/mol. The van der Waals surface area contributed by atoms with Gasteiger partial charge in [-0.1, -0.05) is 5.10 Å². The SMILES string of the molecule is COc1cnc(C)cc1-c1cc(C)ncc1C(=O)Nc1nnc(OC(CC(N)=O)C(F)(F)F)s1. The third-order valence-electron chi connectivity index (χ3n) is 4.42. The normalized spacial score (nSPS) is 12.2. The molecule has 3 heterocycles. The van der Waals surface area contributed by atoms with E-state index in [-0.39, 0.29) is 10.7 Å². The summed E-state index contributed by atoms with van der Waals surface area (Å²) >= 11 is 0.559. The Kier molecular flexibility index (Phi) is 7.29. The van der Waals surface area contributed by atoms with E-state index in [2.05, 4.69) is 25.5 Å². The zero-order valence-electron chi connectivity index (χ0n) is 18.1. The van der Waals surface area contributed by atoms with Crippen LogP contribution in [-0.2, 0) is 4.79 Å². The molecule has 2 amide bonds. The van der Waals surface area contributed by atoms with Crippen molar-refractivity contribution in [1.29, 1.82) is 0 Å². The third kappa shape index (κ3) is 5.95. The Labute approximate surface area is 195 Å². The minimum Gasteiger partial charge on any atom is -0.494 e. The molecule has 14 heteroatoms. The lowest BCUT2D eigenvalue weighted by Gasteiger charge is -2.18. The van der Waals surface area contributed by atoms with Crippen LogP contribution in [-0.4, -0.2) is 51.4 Å². The molecule has 0 aromatic carbocycles. The molecule has 0 spiro atoms. The number of hydrogen-bond donors (Lipinski definition) is 2. The van der Waals surface area contributed by atoms with E-state index in [4.69, 9.17) is 15.2 Å². The first-order chi connectivity index (χ1) is 16.0. The number of nitrogens with zero attached hydrogens (tertiary/aromatic N) is 4. The molecule has 0 saturated carbocycles. The Bertz CT molecular complexity index is 1220. The van der Waals surface area contributed by atoms with E-state index >= 15 is 0 Å². The van der Waals surface area contributed by atoms with Gasteiger partial charge >= 0.3 is 6.18 Å². The molecule has 180 valence electrons. The molecule has 0 saturated heterocycles. The zero-order chi connectivity index (χ0) is 25.0. The summed E-state index contributed by atoms with van der Waals surface area (Å²) in [7, 11) is 1.47. The standard InChI is InChI=1S/C20H19F3N6O4S/c1-9-4-11(12-5-10(2)26-8-14(12)32-3)13(7-25-9)17(31)27-18-28-29-19(34-18)33-15(6-16(24)30)20(21,22)23/h4-5,7-8,15H,6H2,1-3H3,(H2,24,30)(H,27,28,31). The lowest BCUT2D eigenvalue weighted by molar-refractivity contribution is -0.197. The van der Waals surface area contributed by atoms with Crippen molar-refractivity contribution in [2.45, 2.75) is 32.5 Å². The molecule has 0 bridgehead atoms. The number of amides is 2. The average Bonchev–Trinajstić information content (AvgIpc) is 3.19. The van der Waals surface area contributed by atoms with Crippen LogP contribution in [0.25, 0.3) is 11.1 Å². The van der Waals surface area contributed by atoms with Crippen LogP contribution in [0.3, 0.4) is 0 Å². The highest BCUT2D eigenvalue weighted by Crippen LogP contribution is 2.34. The van der Waals surface area contributed by atoms with E-state index in [1.165, 1.54) is 19.5 Å². The predicted octanol–water partition coefficient (Wildman–Crippen LogP) is 3.06. The molecule has 0 radical (unpaired) electrons. The number of aryl methyl sites for hydroxylation is 2. The highest BCUT2D eigenvalue weighted by Gasteiger charge is 2.43. The minimum atomic E-state index is -4.85. The van der Waals surface area contributed by atoms with Crippen LogP contribution < -0.4 is 20.5 Å². The quantitative estimate of drug-likeness (QED) is 0.485. The first-order valence-corrected chi connectivity index (χ1v) is 10.4. The number of nitrogens with one attached hydrogen (secondary N) is 1. The van der Waals surface area contributed by atoms with Gasteiger partial charge in [0.2, 0.25) is 17.1 Å². The van der Waals surface area contributed by atoms with Crippen molar-refractivity contribution in [3.8, 4) is 22.1 Å². The van der Waals surface area contributed by atoms with Gasteiger partial charge in [-0.25, -0.2) is 0 Å². The van der Waals surface area contributed by atoms with Crippen LogP contribution in [0.1, 0.15) is 28.2 Å². The number of halogens is 3. The van der Waals surface area contributed by atoms with Gasteiger partial charge in [0, 0.05) is 28.7 Å². The monoisotopic (exact) mass is 496 g/mol. The zero-order valence-corrected chi connectivity index (χ0v) is 19.0. The molecule has 3 N–H and O–H groups in total. The minimum absolute atomic E-state index is 0.121. The molecule has 0 aliphatic rings. The van der Waals surface area contributed by atoms with Gasteiger partial charge < -0.3 is 15.2 Å². The topological polar surface area (TPSA) is 142 Å². The van der Waals surface area contributed by atoms with Crippen LogP contribution in [0, 0.1) is 13.8 Å². The number of carbonyl (C=O) groups excluding carboxylic acids is 2. The molecule has 1 unspecified atom stereocenters. The van der Waals surface area contributed by atoms with E-state index in [0.29, 0.717) is 39.6 Å². The first kappa shape index (κ1) is 24.8. The first-order valence-electron chi connectivity index (χ1n) is 9.62. The van der Waals surface area contributed by atoms with Crippen molar-refractivity contribution in [3.63, 3.8) is 0 Å². The van der Waals surface area contributed by atoms with Crippen molar-refractivity contribution in [2.24, 2.45) is 5.73 Å². The Morgan fingerprint density at radius 1 is 1.12 bits per heavy atom. The molecular formula is C20H19F3N6O4S. The maximum Gasteiger partial charge on any atom is 0.426 e. The van der Waals surface area contributed by atoms with Crippen molar-refractivity contribution in [3.05, 3.63) is 41.5 Å². The molecule has 0 aliphatic heterocycles.